The van der Waals surface area contributed by atoms with E-state index in [1.54, 1.807) is 0 Å². The number of nitrogens with zero attached hydrogens (tertiary/aromatic N) is 1. The summed E-state index contributed by atoms with van der Waals surface area (Å²) in [5.74, 6) is -0.147. The summed E-state index contributed by atoms with van der Waals surface area (Å²) < 4.78 is 7.01. The van der Waals surface area contributed by atoms with Crippen LogP contribution in [0.15, 0.2) is 18.3 Å². The van der Waals surface area contributed by atoms with Gasteiger partial charge in [0.1, 0.15) is 0 Å². The van der Waals surface area contributed by atoms with Crippen LogP contribution in [0.3, 0.4) is 0 Å². The molecule has 1 aliphatic rings. The zero-order valence-electron chi connectivity index (χ0n) is 10.1. The number of aryl methyl sites for hydroxylation is 1. The molecule has 0 amide bonds. The van der Waals surface area contributed by atoms with E-state index in [0.717, 1.165) is 12.8 Å². The molecule has 4 heteroatoms. The van der Waals surface area contributed by atoms with E-state index in [1.165, 1.54) is 24.1 Å². The van der Waals surface area contributed by atoms with E-state index in [1.807, 2.05) is 23.8 Å². The molecule has 0 atom stereocenters. The van der Waals surface area contributed by atoms with Gasteiger partial charge < -0.3 is 21.7 Å². The lowest BCUT2D eigenvalue weighted by molar-refractivity contribution is -0.694. The number of hydrogen-bond donors (Lipinski definition) is 0. The van der Waals surface area contributed by atoms with Crippen molar-refractivity contribution in [3.63, 3.8) is 0 Å². The minimum Gasteiger partial charge on any atom is -1.00 e. The van der Waals surface area contributed by atoms with Crippen LogP contribution in [-0.2, 0) is 28.9 Å². The summed E-state index contributed by atoms with van der Waals surface area (Å²) in [6.07, 6.45) is 6.67. The van der Waals surface area contributed by atoms with Gasteiger partial charge >= 0.3 is 5.97 Å². The summed E-state index contributed by atoms with van der Waals surface area (Å²) >= 11 is 0. The molecule has 2 rings (SSSR count). The molecule has 17 heavy (non-hydrogen) atoms. The fraction of sp³-hybridized carbons (Fsp3) is 0.538. The molecule has 0 bridgehead atoms. The number of pyridine rings is 1. The van der Waals surface area contributed by atoms with Crippen molar-refractivity contribution in [1.82, 2.24) is 0 Å². The molecule has 0 saturated heterocycles. The third-order valence-corrected chi connectivity index (χ3v) is 3.00. The molecule has 0 aromatic carbocycles. The number of aromatic nitrogens is 1. The summed E-state index contributed by atoms with van der Waals surface area (Å²) in [5.41, 5.74) is 2.69. The average molecular weight is 300 g/mol. The predicted octanol–water partition coefficient (Wildman–Crippen LogP) is -1.58. The number of hydrogen-bond acceptors (Lipinski definition) is 2. The van der Waals surface area contributed by atoms with Gasteiger partial charge in [-0.05, 0) is 32.3 Å². The minimum atomic E-state index is -0.147. The van der Waals surface area contributed by atoms with E-state index < -0.39 is 0 Å². The van der Waals surface area contributed by atoms with Gasteiger partial charge in [0.25, 0.3) is 0 Å². The average Bonchev–Trinajstić information content (AvgIpc) is 2.30. The highest BCUT2D eigenvalue weighted by molar-refractivity contribution is 5.67. The predicted molar refractivity (Wildman–Crippen MR) is 59.9 cm³/mol. The van der Waals surface area contributed by atoms with Gasteiger partial charge in [-0.2, -0.15) is 4.57 Å². The molecule has 0 fully saturated rings. The highest BCUT2D eigenvalue weighted by Crippen LogP contribution is 2.17. The molecule has 1 aromatic rings. The Balaban J connectivity index is 0.00000144. The van der Waals surface area contributed by atoms with Crippen molar-refractivity contribution < 1.29 is 31.1 Å². The van der Waals surface area contributed by atoms with Crippen LogP contribution in [0.1, 0.15) is 31.0 Å². The molecule has 0 saturated carbocycles. The smallest absolute Gasteiger partial charge is 0.372 e. The fourth-order valence-electron chi connectivity index (χ4n) is 2.27. The highest BCUT2D eigenvalue weighted by Gasteiger charge is 2.21. The molecule has 3 nitrogen and oxygen atoms in total. The van der Waals surface area contributed by atoms with Gasteiger partial charge in [0.15, 0.2) is 11.9 Å². The number of ether oxygens (including phenoxy) is 1. The summed E-state index contributed by atoms with van der Waals surface area (Å²) in [4.78, 5) is 11.5. The van der Waals surface area contributed by atoms with Crippen molar-refractivity contribution in [3.05, 3.63) is 29.6 Å². The lowest BCUT2D eigenvalue weighted by Crippen LogP contribution is -3.00. The zero-order chi connectivity index (χ0) is 11.4. The molecule has 0 radical (unpaired) electrons. The number of halogens is 1. The second-order valence-corrected chi connectivity index (χ2v) is 4.12. The first-order valence-corrected chi connectivity index (χ1v) is 5.97. The molecular weight excluding hydrogens is 282 g/mol. The highest BCUT2D eigenvalue weighted by atomic mass is 79.9. The van der Waals surface area contributed by atoms with Crippen molar-refractivity contribution in [1.29, 1.82) is 0 Å². The van der Waals surface area contributed by atoms with E-state index in [-0.39, 0.29) is 23.0 Å². The first kappa shape index (κ1) is 14.2. The van der Waals surface area contributed by atoms with Gasteiger partial charge in [0, 0.05) is 18.1 Å². The van der Waals surface area contributed by atoms with E-state index in [4.69, 9.17) is 4.74 Å². The van der Waals surface area contributed by atoms with Crippen LogP contribution in [-0.4, -0.2) is 12.6 Å². The Morgan fingerprint density at radius 2 is 2.18 bits per heavy atom. The Morgan fingerprint density at radius 1 is 1.41 bits per heavy atom. The Bertz CT molecular complexity index is 393. The van der Waals surface area contributed by atoms with E-state index in [9.17, 15) is 4.79 Å². The molecule has 1 aliphatic carbocycles. The van der Waals surface area contributed by atoms with Crippen molar-refractivity contribution in [2.75, 3.05) is 6.61 Å². The standard InChI is InChI=1S/C13H18NO2.BrH/c1-2-16-13(15)10-14-9-5-7-11-6-3-4-8-12(11)14;/h5,7,9H,2-4,6,8,10H2,1H3;1H/q+1;/p-1. The van der Waals surface area contributed by atoms with E-state index >= 15 is 0 Å². The number of carbonyl (C=O) groups excluding carboxylic acids is 1. The minimum absolute atomic E-state index is 0. The maximum Gasteiger partial charge on any atom is 0.372 e. The Morgan fingerprint density at radius 3 is 2.94 bits per heavy atom. The van der Waals surface area contributed by atoms with Crippen LogP contribution >= 0.6 is 0 Å². The fourth-order valence-corrected chi connectivity index (χ4v) is 2.27. The van der Waals surface area contributed by atoms with Crippen LogP contribution < -0.4 is 21.5 Å². The number of carbonyl (C=O) groups is 1. The van der Waals surface area contributed by atoms with Crippen LogP contribution in [0, 0.1) is 0 Å². The van der Waals surface area contributed by atoms with Crippen molar-refractivity contribution in [2.24, 2.45) is 0 Å². The first-order chi connectivity index (χ1) is 7.81. The van der Waals surface area contributed by atoms with Gasteiger partial charge in [-0.3, -0.25) is 0 Å². The van der Waals surface area contributed by atoms with E-state index in [2.05, 4.69) is 6.07 Å². The molecule has 1 heterocycles. The lowest BCUT2D eigenvalue weighted by Gasteiger charge is -2.13. The maximum absolute atomic E-state index is 11.5. The number of esters is 1. The zero-order valence-corrected chi connectivity index (χ0v) is 11.7. The van der Waals surface area contributed by atoms with Gasteiger partial charge in [0.05, 0.1) is 6.61 Å². The lowest BCUT2D eigenvalue weighted by atomic mass is 9.96. The Labute approximate surface area is 113 Å². The van der Waals surface area contributed by atoms with E-state index in [0.29, 0.717) is 13.2 Å². The van der Waals surface area contributed by atoms with Crippen molar-refractivity contribution in [2.45, 2.75) is 39.2 Å². The molecule has 1 aromatic heterocycles. The summed E-state index contributed by atoms with van der Waals surface area (Å²) in [6, 6.07) is 4.18. The molecule has 94 valence electrons. The SMILES string of the molecule is CCOC(=O)C[n+]1cccc2c1CCCC2.[Br-]. The van der Waals surface area contributed by atoms with Gasteiger partial charge in [0.2, 0.25) is 6.54 Å². The van der Waals surface area contributed by atoms with Crippen LogP contribution in [0.4, 0.5) is 0 Å². The second-order valence-electron chi connectivity index (χ2n) is 4.12. The van der Waals surface area contributed by atoms with Crippen molar-refractivity contribution in [3.8, 4) is 0 Å². The largest absolute Gasteiger partial charge is 1.00 e. The third-order valence-electron chi connectivity index (χ3n) is 3.00. The molecule has 0 aliphatic heterocycles. The van der Waals surface area contributed by atoms with Crippen molar-refractivity contribution >= 4 is 5.97 Å². The Kier molecular flexibility index (Phi) is 5.62. The maximum atomic E-state index is 11.5. The first-order valence-electron chi connectivity index (χ1n) is 5.97. The third kappa shape index (κ3) is 3.53. The molecule has 0 N–H and O–H groups in total. The number of fused-ring (bicyclic) bond motifs is 1. The second kappa shape index (κ2) is 6.74. The monoisotopic (exact) mass is 299 g/mol. The Hall–Kier alpha value is -0.900. The summed E-state index contributed by atoms with van der Waals surface area (Å²) in [5, 5.41) is 0. The van der Waals surface area contributed by atoms with Gasteiger partial charge in [-0.1, -0.05) is 0 Å². The summed E-state index contributed by atoms with van der Waals surface area (Å²) in [7, 11) is 0. The quantitative estimate of drug-likeness (QED) is 0.498. The van der Waals surface area contributed by atoms with Gasteiger partial charge in [-0.15, -0.1) is 0 Å². The molecular formula is C13H18BrNO2. The van der Waals surface area contributed by atoms with Gasteiger partial charge in [-0.25, -0.2) is 4.79 Å². The van der Waals surface area contributed by atoms with Crippen LogP contribution in [0.5, 0.6) is 0 Å². The topological polar surface area (TPSA) is 30.2 Å². The molecule has 0 unspecified atom stereocenters. The number of rotatable bonds is 3. The van der Waals surface area contributed by atoms with Crippen LogP contribution in [0.25, 0.3) is 0 Å². The molecule has 0 spiro atoms. The summed E-state index contributed by atoms with van der Waals surface area (Å²) in [6.45, 7) is 2.63. The normalized spacial score (nSPS) is 13.5. The van der Waals surface area contributed by atoms with Crippen LogP contribution in [0.2, 0.25) is 0 Å².